The van der Waals surface area contributed by atoms with Gasteiger partial charge in [-0.15, -0.1) is 0 Å². The molecule has 2 saturated heterocycles. The number of aliphatic hydroxyl groups excluding tert-OH is 7. The van der Waals surface area contributed by atoms with Gasteiger partial charge in [0.2, 0.25) is 0 Å². The van der Waals surface area contributed by atoms with Crippen molar-refractivity contribution >= 4 is 11.9 Å². The maximum atomic E-state index is 13.0. The van der Waals surface area contributed by atoms with E-state index in [-0.39, 0.29) is 26.1 Å². The minimum absolute atomic E-state index is 0.173. The second-order valence-corrected chi connectivity index (χ2v) is 19.1. The quantitative estimate of drug-likeness (QED) is 0.0231. The lowest BCUT2D eigenvalue weighted by Crippen LogP contribution is -2.61. The number of hydrogen-bond donors (Lipinski definition) is 7. The molecule has 0 bridgehead atoms. The van der Waals surface area contributed by atoms with Gasteiger partial charge in [0.05, 0.1) is 19.8 Å². The first-order valence-corrected chi connectivity index (χ1v) is 26.6. The van der Waals surface area contributed by atoms with Crippen LogP contribution in [0.25, 0.3) is 0 Å². The standard InChI is InChI=1S/C51H96O15/c1-3-5-7-9-11-13-15-17-18-19-20-21-22-24-26-28-30-32-34-43(54)64-39(36-61-42(53)33-31-29-27-25-23-16-14-12-10-8-6-4-2)37-62-50-49(60)47(58)45(56)41(66-50)38-63-51-48(59)46(57)44(55)40(35-52)65-51/h39-41,44-52,55-60H,3-38H2,1-2H3. The number of carbonyl (C=O) groups excluding carboxylic acids is 2. The molecule has 0 aromatic rings. The normalized spacial score (nSPS) is 26.1. The lowest BCUT2D eigenvalue weighted by atomic mass is 9.98. The lowest BCUT2D eigenvalue weighted by Gasteiger charge is -2.42. The van der Waals surface area contributed by atoms with Gasteiger partial charge >= 0.3 is 11.9 Å². The molecule has 0 saturated carbocycles. The molecule has 0 aliphatic carbocycles. The summed E-state index contributed by atoms with van der Waals surface area (Å²) < 4.78 is 33.6. The Hall–Kier alpha value is -1.50. The molecule has 11 atom stereocenters. The van der Waals surface area contributed by atoms with Crippen LogP contribution in [0.4, 0.5) is 0 Å². The van der Waals surface area contributed by atoms with E-state index in [0.29, 0.717) is 12.8 Å². The Kier molecular flexibility index (Phi) is 36.0. The third-order valence-corrected chi connectivity index (χ3v) is 13.1. The van der Waals surface area contributed by atoms with E-state index in [9.17, 15) is 45.3 Å². The summed E-state index contributed by atoms with van der Waals surface area (Å²) in [5, 5.41) is 72.1. The Bertz CT molecular complexity index is 1160. The van der Waals surface area contributed by atoms with Crippen LogP contribution in [0.15, 0.2) is 0 Å². The van der Waals surface area contributed by atoms with Gasteiger partial charge in [0.25, 0.3) is 0 Å². The second kappa shape index (κ2) is 39.2. The molecule has 2 heterocycles. The van der Waals surface area contributed by atoms with E-state index in [0.717, 1.165) is 38.5 Å². The molecule has 2 aliphatic heterocycles. The van der Waals surface area contributed by atoms with Crippen molar-refractivity contribution in [3.63, 3.8) is 0 Å². The molecule has 66 heavy (non-hydrogen) atoms. The van der Waals surface area contributed by atoms with Crippen molar-refractivity contribution in [3.8, 4) is 0 Å². The fourth-order valence-corrected chi connectivity index (χ4v) is 8.69. The summed E-state index contributed by atoms with van der Waals surface area (Å²) in [5.41, 5.74) is 0. The minimum atomic E-state index is -1.76. The molecular weight excluding hydrogens is 853 g/mol. The topological polar surface area (TPSA) is 231 Å². The summed E-state index contributed by atoms with van der Waals surface area (Å²) in [6, 6.07) is 0. The van der Waals surface area contributed by atoms with Crippen molar-refractivity contribution in [2.45, 2.75) is 287 Å². The highest BCUT2D eigenvalue weighted by Crippen LogP contribution is 2.27. The Morgan fingerprint density at radius 3 is 1.18 bits per heavy atom. The molecule has 0 aromatic heterocycles. The summed E-state index contributed by atoms with van der Waals surface area (Å²) in [6.45, 7) is 2.62. The molecule has 15 heteroatoms. The monoisotopic (exact) mass is 949 g/mol. The van der Waals surface area contributed by atoms with Gasteiger partial charge in [-0.1, -0.05) is 194 Å². The minimum Gasteiger partial charge on any atom is -0.462 e. The van der Waals surface area contributed by atoms with Gasteiger partial charge in [0, 0.05) is 12.8 Å². The number of carbonyl (C=O) groups is 2. The molecule has 390 valence electrons. The molecule has 11 unspecified atom stereocenters. The van der Waals surface area contributed by atoms with E-state index in [1.54, 1.807) is 0 Å². The molecule has 7 N–H and O–H groups in total. The zero-order chi connectivity index (χ0) is 48.2. The zero-order valence-electron chi connectivity index (χ0n) is 41.2. The number of rotatable bonds is 42. The van der Waals surface area contributed by atoms with Gasteiger partial charge in [-0.05, 0) is 12.8 Å². The third-order valence-electron chi connectivity index (χ3n) is 13.1. The number of aliphatic hydroxyl groups is 7. The van der Waals surface area contributed by atoms with Crippen LogP contribution in [0, 0.1) is 0 Å². The molecule has 0 aromatic carbocycles. The van der Waals surface area contributed by atoms with Crippen LogP contribution in [0.2, 0.25) is 0 Å². The van der Waals surface area contributed by atoms with Crippen LogP contribution in [0.1, 0.15) is 219 Å². The average Bonchev–Trinajstić information content (AvgIpc) is 3.31. The van der Waals surface area contributed by atoms with Gasteiger partial charge in [-0.25, -0.2) is 0 Å². The maximum absolute atomic E-state index is 13.0. The van der Waals surface area contributed by atoms with Crippen LogP contribution in [0.5, 0.6) is 0 Å². The summed E-state index contributed by atoms with van der Waals surface area (Å²) >= 11 is 0. The van der Waals surface area contributed by atoms with Gasteiger partial charge < -0.3 is 64.2 Å². The molecule has 0 radical (unpaired) electrons. The SMILES string of the molecule is CCCCCCCCCCCCCCCCCCCCC(=O)OC(COC(=O)CCCCCCCCCCCCCC)COC1OC(COC2OC(CO)C(O)C(O)C2O)C(O)C(O)C1O. The summed E-state index contributed by atoms with van der Waals surface area (Å²) in [5.74, 6) is -0.909. The average molecular weight is 949 g/mol. The van der Waals surface area contributed by atoms with Crippen LogP contribution >= 0.6 is 0 Å². The van der Waals surface area contributed by atoms with Crippen molar-refractivity contribution in [1.29, 1.82) is 0 Å². The van der Waals surface area contributed by atoms with E-state index in [4.69, 9.17) is 28.4 Å². The van der Waals surface area contributed by atoms with Crippen LogP contribution < -0.4 is 0 Å². The van der Waals surface area contributed by atoms with Gasteiger partial charge in [-0.2, -0.15) is 0 Å². The Balaban J connectivity index is 1.78. The first kappa shape index (κ1) is 60.6. The van der Waals surface area contributed by atoms with Gasteiger partial charge in [0.15, 0.2) is 18.7 Å². The molecule has 2 aliphatic rings. The van der Waals surface area contributed by atoms with Crippen molar-refractivity contribution in [1.82, 2.24) is 0 Å². The number of unbranched alkanes of at least 4 members (excludes halogenated alkanes) is 28. The van der Waals surface area contributed by atoms with E-state index in [1.807, 2.05) is 0 Å². The fourth-order valence-electron chi connectivity index (χ4n) is 8.69. The van der Waals surface area contributed by atoms with Crippen molar-refractivity contribution in [2.75, 3.05) is 26.4 Å². The second-order valence-electron chi connectivity index (χ2n) is 19.1. The highest BCUT2D eigenvalue weighted by atomic mass is 16.7. The predicted molar refractivity (Wildman–Crippen MR) is 252 cm³/mol. The smallest absolute Gasteiger partial charge is 0.306 e. The molecule has 2 rings (SSSR count). The van der Waals surface area contributed by atoms with Gasteiger partial charge in [-0.3, -0.25) is 9.59 Å². The summed E-state index contributed by atoms with van der Waals surface area (Å²) in [6.07, 6.45) is 19.9. The molecule has 0 spiro atoms. The Labute approximate surface area is 398 Å². The first-order valence-electron chi connectivity index (χ1n) is 26.6. The maximum Gasteiger partial charge on any atom is 0.306 e. The van der Waals surface area contributed by atoms with E-state index in [2.05, 4.69) is 13.8 Å². The third kappa shape index (κ3) is 27.0. The number of esters is 2. The van der Waals surface area contributed by atoms with Crippen molar-refractivity contribution in [2.24, 2.45) is 0 Å². The first-order chi connectivity index (χ1) is 32.0. The van der Waals surface area contributed by atoms with Crippen LogP contribution in [-0.4, -0.2) is 142 Å². The van der Waals surface area contributed by atoms with Crippen LogP contribution in [-0.2, 0) is 38.0 Å². The Morgan fingerprint density at radius 1 is 0.424 bits per heavy atom. The molecule has 2 fully saturated rings. The summed E-state index contributed by atoms with van der Waals surface area (Å²) in [7, 11) is 0. The molecule has 0 amide bonds. The number of hydrogen-bond acceptors (Lipinski definition) is 15. The lowest BCUT2D eigenvalue weighted by molar-refractivity contribution is -0.332. The molecule has 15 nitrogen and oxygen atoms in total. The predicted octanol–water partition coefficient (Wildman–Crippen LogP) is 7.61. The van der Waals surface area contributed by atoms with Crippen molar-refractivity contribution in [3.05, 3.63) is 0 Å². The zero-order valence-corrected chi connectivity index (χ0v) is 41.2. The largest absolute Gasteiger partial charge is 0.462 e. The summed E-state index contributed by atoms with van der Waals surface area (Å²) in [4.78, 5) is 25.7. The van der Waals surface area contributed by atoms with Crippen molar-refractivity contribution < 1.29 is 73.8 Å². The fraction of sp³-hybridized carbons (Fsp3) is 0.961. The number of ether oxygens (including phenoxy) is 6. The highest BCUT2D eigenvalue weighted by molar-refractivity contribution is 5.70. The van der Waals surface area contributed by atoms with E-state index >= 15 is 0 Å². The van der Waals surface area contributed by atoms with Crippen LogP contribution in [0.3, 0.4) is 0 Å². The highest BCUT2D eigenvalue weighted by Gasteiger charge is 2.47. The van der Waals surface area contributed by atoms with Gasteiger partial charge in [0.1, 0.15) is 55.4 Å². The van der Waals surface area contributed by atoms with E-state index in [1.165, 1.54) is 141 Å². The Morgan fingerprint density at radius 2 is 0.773 bits per heavy atom. The van der Waals surface area contributed by atoms with E-state index < -0.39 is 92.7 Å². The molecular formula is C51H96O15.